The largest absolute Gasteiger partial charge is 0.490 e. The van der Waals surface area contributed by atoms with Crippen molar-refractivity contribution in [2.24, 2.45) is 11.7 Å². The van der Waals surface area contributed by atoms with Crippen molar-refractivity contribution in [3.8, 4) is 17.0 Å². The zero-order valence-corrected chi connectivity index (χ0v) is 16.3. The van der Waals surface area contributed by atoms with Crippen LogP contribution in [0.5, 0.6) is 5.75 Å². The Morgan fingerprint density at radius 3 is 2.67 bits per heavy atom. The van der Waals surface area contributed by atoms with Crippen LogP contribution >= 0.6 is 0 Å². The molecule has 3 aromatic rings. The highest BCUT2D eigenvalue weighted by atomic mass is 19.1. The summed E-state index contributed by atoms with van der Waals surface area (Å²) in [6.07, 6.45) is 4.29. The molecule has 1 unspecified atom stereocenters. The quantitative estimate of drug-likeness (QED) is 0.674. The highest BCUT2D eigenvalue weighted by Gasteiger charge is 2.21. The number of aromatic nitrogens is 2. The number of pyridine rings is 2. The van der Waals surface area contributed by atoms with Gasteiger partial charge in [0.1, 0.15) is 18.2 Å². The highest BCUT2D eigenvalue weighted by molar-refractivity contribution is 5.93. The van der Waals surface area contributed by atoms with Gasteiger partial charge in [0.05, 0.1) is 17.4 Å². The molecule has 0 bridgehead atoms. The number of rotatable bonds is 6. The van der Waals surface area contributed by atoms with E-state index < -0.39 is 0 Å². The van der Waals surface area contributed by atoms with Crippen LogP contribution < -0.4 is 10.5 Å². The lowest BCUT2D eigenvalue weighted by Gasteiger charge is -2.27. The molecule has 4 nitrogen and oxygen atoms in total. The minimum absolute atomic E-state index is 0.300. The van der Waals surface area contributed by atoms with Crippen LogP contribution in [0.1, 0.15) is 32.8 Å². The number of benzene rings is 1. The fraction of sp³-hybridized carbons (Fsp3) is 0.364. The smallest absolute Gasteiger partial charge is 0.140 e. The molecule has 1 aromatic carbocycles. The minimum atomic E-state index is -0.384. The summed E-state index contributed by atoms with van der Waals surface area (Å²) < 4.78 is 19.4. The average molecular weight is 367 g/mol. The van der Waals surface area contributed by atoms with E-state index in [1.165, 1.54) is 12.1 Å². The Labute approximate surface area is 159 Å². The number of nitrogens with two attached hydrogens (primary N) is 1. The van der Waals surface area contributed by atoms with E-state index in [2.05, 4.69) is 23.8 Å². The molecule has 0 radical (unpaired) electrons. The molecule has 2 aromatic heterocycles. The van der Waals surface area contributed by atoms with Gasteiger partial charge in [-0.15, -0.1) is 0 Å². The van der Waals surface area contributed by atoms with Crippen molar-refractivity contribution in [2.75, 3.05) is 6.61 Å². The van der Waals surface area contributed by atoms with Gasteiger partial charge in [0.25, 0.3) is 0 Å². The molecule has 5 heteroatoms. The summed E-state index contributed by atoms with van der Waals surface area (Å²) in [7, 11) is 0. The van der Waals surface area contributed by atoms with Crippen molar-refractivity contribution in [1.29, 1.82) is 0 Å². The van der Waals surface area contributed by atoms with Crippen molar-refractivity contribution < 1.29 is 9.13 Å². The molecular weight excluding hydrogens is 341 g/mol. The predicted molar refractivity (Wildman–Crippen MR) is 107 cm³/mol. The number of hydrogen-bond acceptors (Lipinski definition) is 4. The Morgan fingerprint density at radius 1 is 1.19 bits per heavy atom. The topological polar surface area (TPSA) is 61.0 Å². The van der Waals surface area contributed by atoms with Gasteiger partial charge in [0.15, 0.2) is 0 Å². The van der Waals surface area contributed by atoms with E-state index in [4.69, 9.17) is 10.5 Å². The summed E-state index contributed by atoms with van der Waals surface area (Å²) in [6, 6.07) is 8.47. The SMILES string of the molecule is Cc1cc(-c2ccnc3cc(F)ccc23)ncc1OCC(C)(N)CC(C)C. The van der Waals surface area contributed by atoms with Crippen molar-refractivity contribution in [2.45, 2.75) is 39.7 Å². The van der Waals surface area contributed by atoms with Gasteiger partial charge >= 0.3 is 0 Å². The van der Waals surface area contributed by atoms with E-state index in [9.17, 15) is 4.39 Å². The van der Waals surface area contributed by atoms with Crippen LogP contribution in [0.3, 0.4) is 0 Å². The van der Waals surface area contributed by atoms with Crippen LogP contribution in [0, 0.1) is 18.7 Å². The Bertz CT molecular complexity index is 953. The summed E-state index contributed by atoms with van der Waals surface area (Å²) >= 11 is 0. The zero-order chi connectivity index (χ0) is 19.6. The molecule has 0 spiro atoms. The Morgan fingerprint density at radius 2 is 1.96 bits per heavy atom. The van der Waals surface area contributed by atoms with Gasteiger partial charge in [-0.3, -0.25) is 9.97 Å². The summed E-state index contributed by atoms with van der Waals surface area (Å²) in [5.41, 5.74) is 9.25. The molecule has 2 N–H and O–H groups in total. The van der Waals surface area contributed by atoms with Crippen LogP contribution in [0.15, 0.2) is 42.7 Å². The predicted octanol–water partition coefficient (Wildman–Crippen LogP) is 4.89. The first-order valence-electron chi connectivity index (χ1n) is 9.18. The number of hydrogen-bond donors (Lipinski definition) is 1. The first-order chi connectivity index (χ1) is 12.7. The summed E-state index contributed by atoms with van der Waals surface area (Å²) in [4.78, 5) is 8.80. The molecule has 0 amide bonds. The Balaban J connectivity index is 1.85. The zero-order valence-electron chi connectivity index (χ0n) is 16.3. The fourth-order valence-electron chi connectivity index (χ4n) is 3.42. The molecule has 142 valence electrons. The van der Waals surface area contributed by atoms with E-state index in [1.54, 1.807) is 18.5 Å². The van der Waals surface area contributed by atoms with Crippen molar-refractivity contribution in [1.82, 2.24) is 9.97 Å². The van der Waals surface area contributed by atoms with Crippen LogP contribution in [-0.4, -0.2) is 22.1 Å². The van der Waals surface area contributed by atoms with Crippen molar-refractivity contribution >= 4 is 10.9 Å². The molecule has 0 aliphatic rings. The third-order valence-corrected chi connectivity index (χ3v) is 4.48. The number of halogens is 1. The van der Waals surface area contributed by atoms with Gasteiger partial charge in [-0.2, -0.15) is 0 Å². The average Bonchev–Trinajstić information content (AvgIpc) is 2.58. The van der Waals surface area contributed by atoms with Gasteiger partial charge in [0.2, 0.25) is 0 Å². The fourth-order valence-corrected chi connectivity index (χ4v) is 3.42. The van der Waals surface area contributed by atoms with Crippen LogP contribution in [0.2, 0.25) is 0 Å². The van der Waals surface area contributed by atoms with E-state index >= 15 is 0 Å². The Hall–Kier alpha value is -2.53. The van der Waals surface area contributed by atoms with E-state index in [0.717, 1.165) is 34.4 Å². The van der Waals surface area contributed by atoms with Gasteiger partial charge in [0, 0.05) is 28.8 Å². The molecule has 0 aliphatic heterocycles. The van der Waals surface area contributed by atoms with Gasteiger partial charge in [-0.25, -0.2) is 4.39 Å². The second-order valence-corrected chi connectivity index (χ2v) is 7.90. The minimum Gasteiger partial charge on any atom is -0.490 e. The van der Waals surface area contributed by atoms with E-state index in [-0.39, 0.29) is 11.4 Å². The molecule has 27 heavy (non-hydrogen) atoms. The summed E-state index contributed by atoms with van der Waals surface area (Å²) in [5.74, 6) is 0.935. The second kappa shape index (κ2) is 7.61. The maximum atomic E-state index is 13.5. The maximum absolute atomic E-state index is 13.5. The van der Waals surface area contributed by atoms with Crippen molar-refractivity contribution in [3.63, 3.8) is 0 Å². The first kappa shape index (κ1) is 19.2. The molecule has 3 rings (SSSR count). The third kappa shape index (κ3) is 4.61. The first-order valence-corrected chi connectivity index (χ1v) is 9.18. The molecule has 1 atom stereocenters. The molecule has 0 saturated heterocycles. The van der Waals surface area contributed by atoms with E-state index in [1.807, 2.05) is 26.0 Å². The monoisotopic (exact) mass is 367 g/mol. The normalized spacial score (nSPS) is 13.7. The number of ether oxygens (including phenoxy) is 1. The summed E-state index contributed by atoms with van der Waals surface area (Å²) in [6.45, 7) is 8.73. The maximum Gasteiger partial charge on any atom is 0.140 e. The van der Waals surface area contributed by atoms with Crippen LogP contribution in [-0.2, 0) is 0 Å². The van der Waals surface area contributed by atoms with Crippen molar-refractivity contribution in [3.05, 3.63) is 54.1 Å². The van der Waals surface area contributed by atoms with Crippen LogP contribution in [0.4, 0.5) is 4.39 Å². The lowest BCUT2D eigenvalue weighted by molar-refractivity contribution is 0.205. The third-order valence-electron chi connectivity index (χ3n) is 4.48. The standard InChI is InChI=1S/C22H26FN3O/c1-14(2)11-22(4,24)13-27-21-12-26-19(9-15(21)3)18-7-8-25-20-10-16(23)5-6-17(18)20/h5-10,12,14H,11,13,24H2,1-4H3. The summed E-state index contributed by atoms with van der Waals surface area (Å²) in [5, 5.41) is 0.867. The Kier molecular flexibility index (Phi) is 5.42. The number of aryl methyl sites for hydroxylation is 1. The molecule has 0 aliphatic carbocycles. The molecular formula is C22H26FN3O. The number of fused-ring (bicyclic) bond motifs is 1. The lowest BCUT2D eigenvalue weighted by Crippen LogP contribution is -2.43. The van der Waals surface area contributed by atoms with Gasteiger partial charge in [-0.1, -0.05) is 13.8 Å². The lowest BCUT2D eigenvalue weighted by atomic mass is 9.93. The second-order valence-electron chi connectivity index (χ2n) is 7.90. The molecule has 0 fully saturated rings. The van der Waals surface area contributed by atoms with Gasteiger partial charge < -0.3 is 10.5 Å². The highest BCUT2D eigenvalue weighted by Crippen LogP contribution is 2.29. The molecule has 0 saturated carbocycles. The van der Waals surface area contributed by atoms with Crippen LogP contribution in [0.25, 0.3) is 22.2 Å². The number of nitrogens with zero attached hydrogens (tertiary/aromatic N) is 2. The van der Waals surface area contributed by atoms with E-state index in [0.29, 0.717) is 18.0 Å². The van der Waals surface area contributed by atoms with Gasteiger partial charge in [-0.05, 0) is 56.0 Å². The molecule has 2 heterocycles.